The number of oxime groups is 1. The van der Waals surface area contributed by atoms with Crippen molar-refractivity contribution in [1.29, 1.82) is 0 Å². The second kappa shape index (κ2) is 7.73. The summed E-state index contributed by atoms with van der Waals surface area (Å²) in [4.78, 5) is 23.3. The maximum Gasteiger partial charge on any atom is 0.181 e. The smallest absolute Gasteiger partial charge is 0.181 e. The van der Waals surface area contributed by atoms with E-state index in [-0.39, 0.29) is 5.78 Å². The zero-order valence-corrected chi connectivity index (χ0v) is 17.2. The standard InChI is InChI=1S/C27H22N2O2/c1-27(25(30)23-18-28-17-22(23)19-11-5-2-6-12-19)24(20-13-7-3-8-14-20)29-31-26(27)21-15-9-4-10-16-21/h2-18,26,28H,1H3. The monoisotopic (exact) mass is 406 g/mol. The highest BCUT2D eigenvalue weighted by Gasteiger charge is 2.53. The molecule has 4 nitrogen and oxygen atoms in total. The normalized spacial score (nSPS) is 20.2. The fourth-order valence-corrected chi connectivity index (χ4v) is 4.31. The number of nitrogens with one attached hydrogen (secondary N) is 1. The lowest BCUT2D eigenvalue weighted by atomic mass is 9.69. The molecule has 0 fully saturated rings. The van der Waals surface area contributed by atoms with E-state index in [1.165, 1.54) is 0 Å². The van der Waals surface area contributed by atoms with E-state index in [9.17, 15) is 4.79 Å². The summed E-state index contributed by atoms with van der Waals surface area (Å²) in [5.74, 6) is -0.0263. The summed E-state index contributed by atoms with van der Waals surface area (Å²) in [6.07, 6.45) is 3.13. The molecule has 0 spiro atoms. The predicted molar refractivity (Wildman–Crippen MR) is 122 cm³/mol. The van der Waals surface area contributed by atoms with Crippen LogP contribution in [0.2, 0.25) is 0 Å². The SMILES string of the molecule is CC1(C(=O)c2c[nH]cc2-c2ccccc2)C(c2ccccc2)=NOC1c1ccccc1. The Morgan fingerprint density at radius 1 is 0.839 bits per heavy atom. The number of hydrogen-bond acceptors (Lipinski definition) is 3. The molecular weight excluding hydrogens is 384 g/mol. The zero-order chi connectivity index (χ0) is 21.3. The third kappa shape index (κ3) is 3.17. The number of ketones is 1. The van der Waals surface area contributed by atoms with Crippen LogP contribution in [0.1, 0.15) is 34.5 Å². The van der Waals surface area contributed by atoms with Crippen LogP contribution < -0.4 is 0 Å². The van der Waals surface area contributed by atoms with Gasteiger partial charge in [-0.05, 0) is 18.1 Å². The van der Waals surface area contributed by atoms with Crippen molar-refractivity contribution in [2.45, 2.75) is 13.0 Å². The van der Waals surface area contributed by atoms with Crippen LogP contribution in [0.4, 0.5) is 0 Å². The van der Waals surface area contributed by atoms with Gasteiger partial charge in [0.1, 0.15) is 11.1 Å². The van der Waals surface area contributed by atoms with Crippen LogP contribution in [0.25, 0.3) is 11.1 Å². The average molecular weight is 406 g/mol. The van der Waals surface area contributed by atoms with Crippen LogP contribution in [-0.2, 0) is 4.84 Å². The van der Waals surface area contributed by atoms with E-state index < -0.39 is 11.5 Å². The summed E-state index contributed by atoms with van der Waals surface area (Å²) in [5.41, 5.74) is 3.95. The summed E-state index contributed by atoms with van der Waals surface area (Å²) < 4.78 is 0. The van der Waals surface area contributed by atoms with Gasteiger partial charge in [-0.15, -0.1) is 0 Å². The van der Waals surface area contributed by atoms with Gasteiger partial charge in [0.15, 0.2) is 11.9 Å². The van der Waals surface area contributed by atoms with Crippen molar-refractivity contribution in [2.75, 3.05) is 0 Å². The second-order valence-electron chi connectivity index (χ2n) is 7.88. The van der Waals surface area contributed by atoms with Crippen LogP contribution in [0.15, 0.2) is 109 Å². The molecule has 1 N–H and O–H groups in total. The van der Waals surface area contributed by atoms with Crippen LogP contribution in [0.3, 0.4) is 0 Å². The van der Waals surface area contributed by atoms with Gasteiger partial charge in [0, 0.05) is 29.1 Å². The first-order valence-corrected chi connectivity index (χ1v) is 10.3. The molecule has 2 unspecified atom stereocenters. The first-order chi connectivity index (χ1) is 15.2. The number of aromatic amines is 1. The number of hydrogen-bond donors (Lipinski definition) is 1. The molecule has 4 heteroatoms. The summed E-state index contributed by atoms with van der Waals surface area (Å²) in [5, 5.41) is 4.44. The van der Waals surface area contributed by atoms with E-state index in [0.717, 1.165) is 22.3 Å². The number of aromatic nitrogens is 1. The minimum atomic E-state index is -0.992. The maximum atomic E-state index is 14.2. The molecule has 4 aromatic rings. The van der Waals surface area contributed by atoms with Gasteiger partial charge in [-0.2, -0.15) is 0 Å². The van der Waals surface area contributed by atoms with E-state index in [0.29, 0.717) is 11.3 Å². The van der Waals surface area contributed by atoms with Crippen molar-refractivity contribution in [3.8, 4) is 11.1 Å². The quantitative estimate of drug-likeness (QED) is 0.410. The first kappa shape index (κ1) is 19.1. The number of Topliss-reactive ketones (excluding diaryl/α,β-unsaturated/α-hetero) is 1. The number of rotatable bonds is 5. The van der Waals surface area contributed by atoms with Crippen LogP contribution >= 0.6 is 0 Å². The van der Waals surface area contributed by atoms with Crippen LogP contribution in [0.5, 0.6) is 0 Å². The van der Waals surface area contributed by atoms with Gasteiger partial charge >= 0.3 is 0 Å². The number of carbonyl (C=O) groups excluding carboxylic acids is 1. The Kier molecular flexibility index (Phi) is 4.75. The Labute approximate surface area is 181 Å². The molecule has 3 aromatic carbocycles. The molecule has 0 amide bonds. The maximum absolute atomic E-state index is 14.2. The second-order valence-corrected chi connectivity index (χ2v) is 7.88. The summed E-state index contributed by atoms with van der Waals surface area (Å²) in [6, 6.07) is 29.5. The fourth-order valence-electron chi connectivity index (χ4n) is 4.31. The largest absolute Gasteiger partial charge is 0.386 e. The Hall–Kier alpha value is -3.92. The number of benzene rings is 3. The summed E-state index contributed by atoms with van der Waals surface area (Å²) in [6.45, 7) is 1.94. The third-order valence-electron chi connectivity index (χ3n) is 5.96. The highest BCUT2D eigenvalue weighted by atomic mass is 16.6. The highest BCUT2D eigenvalue weighted by Crippen LogP contribution is 2.48. The minimum absolute atomic E-state index is 0.0263. The van der Waals surface area contributed by atoms with Gasteiger partial charge in [0.25, 0.3) is 0 Å². The highest BCUT2D eigenvalue weighted by molar-refractivity contribution is 6.24. The van der Waals surface area contributed by atoms with Crippen molar-refractivity contribution in [1.82, 2.24) is 4.98 Å². The molecule has 0 radical (unpaired) electrons. The van der Waals surface area contributed by atoms with Crippen LogP contribution in [-0.4, -0.2) is 16.5 Å². The van der Waals surface area contributed by atoms with Gasteiger partial charge < -0.3 is 9.82 Å². The van der Waals surface area contributed by atoms with Gasteiger partial charge in [-0.1, -0.05) is 96.2 Å². The molecule has 1 aromatic heterocycles. The Bertz CT molecular complexity index is 1230. The van der Waals surface area contributed by atoms with Crippen molar-refractivity contribution >= 4 is 11.5 Å². The molecular formula is C27H22N2O2. The first-order valence-electron chi connectivity index (χ1n) is 10.3. The van der Waals surface area contributed by atoms with E-state index in [2.05, 4.69) is 10.1 Å². The van der Waals surface area contributed by atoms with Gasteiger partial charge in [-0.3, -0.25) is 4.79 Å². The topological polar surface area (TPSA) is 54.5 Å². The van der Waals surface area contributed by atoms with Gasteiger partial charge in [0.2, 0.25) is 0 Å². The fraction of sp³-hybridized carbons (Fsp3) is 0.111. The Morgan fingerprint density at radius 3 is 2.06 bits per heavy atom. The van der Waals surface area contributed by atoms with E-state index in [1.54, 1.807) is 6.20 Å². The summed E-state index contributed by atoms with van der Waals surface area (Å²) >= 11 is 0. The molecule has 5 rings (SSSR count). The lowest BCUT2D eigenvalue weighted by molar-refractivity contribution is 0.0279. The van der Waals surface area contributed by atoms with E-state index in [1.807, 2.05) is 104 Å². The predicted octanol–water partition coefficient (Wildman–Crippen LogP) is 6.05. The van der Waals surface area contributed by atoms with Crippen molar-refractivity contribution in [3.05, 3.63) is 120 Å². The summed E-state index contributed by atoms with van der Waals surface area (Å²) in [7, 11) is 0. The van der Waals surface area contributed by atoms with Crippen molar-refractivity contribution < 1.29 is 9.63 Å². The van der Waals surface area contributed by atoms with Crippen LogP contribution in [0, 0.1) is 5.41 Å². The van der Waals surface area contributed by atoms with Crippen molar-refractivity contribution in [2.24, 2.45) is 10.6 Å². The molecule has 1 aliphatic rings. The molecule has 2 atom stereocenters. The van der Waals surface area contributed by atoms with Gasteiger partial charge in [-0.25, -0.2) is 0 Å². The third-order valence-corrected chi connectivity index (χ3v) is 5.96. The molecule has 0 saturated carbocycles. The van der Waals surface area contributed by atoms with Gasteiger partial charge in [0.05, 0.1) is 0 Å². The lowest BCUT2D eigenvalue weighted by Crippen LogP contribution is -2.39. The average Bonchev–Trinajstić information content (AvgIpc) is 3.46. The molecule has 1 aliphatic heterocycles. The molecule has 0 bridgehead atoms. The molecule has 31 heavy (non-hydrogen) atoms. The van der Waals surface area contributed by atoms with E-state index >= 15 is 0 Å². The van der Waals surface area contributed by atoms with E-state index in [4.69, 9.17) is 4.84 Å². The molecule has 0 saturated heterocycles. The Morgan fingerprint density at radius 2 is 1.42 bits per heavy atom. The molecule has 0 aliphatic carbocycles. The number of H-pyrrole nitrogens is 1. The van der Waals surface area contributed by atoms with Crippen molar-refractivity contribution in [3.63, 3.8) is 0 Å². The molecule has 2 heterocycles. The zero-order valence-electron chi connectivity index (χ0n) is 17.2. The number of nitrogens with zero attached hydrogens (tertiary/aromatic N) is 1. The Balaban J connectivity index is 1.65. The number of carbonyl (C=O) groups is 1. The lowest BCUT2D eigenvalue weighted by Gasteiger charge is -2.29. The molecule has 152 valence electrons. The minimum Gasteiger partial charge on any atom is -0.386 e.